The Labute approximate surface area is 132 Å². The summed E-state index contributed by atoms with van der Waals surface area (Å²) in [4.78, 5) is 1.31. The number of rotatable bonds is 8. The summed E-state index contributed by atoms with van der Waals surface area (Å²) in [5, 5.41) is 7.98. The maximum atomic E-state index is 4.32. The quantitative estimate of drug-likeness (QED) is 0.798. The lowest BCUT2D eigenvalue weighted by molar-refractivity contribution is 0.531. The second-order valence-electron chi connectivity index (χ2n) is 5.53. The van der Waals surface area contributed by atoms with Crippen molar-refractivity contribution in [3.8, 4) is 0 Å². The standard InChI is InChI=1S/C17H25N3S/c1-4-6-15-17(21-20-19-15)16(18-11-5-2)12-14-9-7-13(3)8-10-14/h7-10,16,18H,4-6,11-12H2,1-3H3. The zero-order chi connectivity index (χ0) is 15.1. The molecule has 0 radical (unpaired) electrons. The molecule has 0 aliphatic carbocycles. The van der Waals surface area contributed by atoms with Gasteiger partial charge in [0.2, 0.25) is 0 Å². The number of aryl methyl sites for hydroxylation is 2. The molecule has 21 heavy (non-hydrogen) atoms. The molecule has 0 spiro atoms. The van der Waals surface area contributed by atoms with Gasteiger partial charge in [-0.2, -0.15) is 0 Å². The van der Waals surface area contributed by atoms with Crippen LogP contribution in [0.5, 0.6) is 0 Å². The molecular formula is C17H25N3S. The van der Waals surface area contributed by atoms with Crippen LogP contribution in [-0.4, -0.2) is 16.1 Å². The van der Waals surface area contributed by atoms with E-state index in [2.05, 4.69) is 59.9 Å². The maximum absolute atomic E-state index is 4.32. The van der Waals surface area contributed by atoms with Crippen molar-refractivity contribution >= 4 is 11.5 Å². The minimum absolute atomic E-state index is 0.328. The Balaban J connectivity index is 2.16. The summed E-state index contributed by atoms with van der Waals surface area (Å²) in [7, 11) is 0. The molecule has 0 amide bonds. The highest BCUT2D eigenvalue weighted by Crippen LogP contribution is 2.25. The Hall–Kier alpha value is -1.26. The molecule has 1 aromatic heterocycles. The second kappa shape index (κ2) is 8.25. The van der Waals surface area contributed by atoms with Gasteiger partial charge in [-0.25, -0.2) is 0 Å². The molecule has 0 aliphatic heterocycles. The number of aromatic nitrogens is 2. The Morgan fingerprint density at radius 2 is 1.90 bits per heavy atom. The van der Waals surface area contributed by atoms with Crippen LogP contribution in [0.4, 0.5) is 0 Å². The van der Waals surface area contributed by atoms with Gasteiger partial charge in [-0.15, -0.1) is 5.10 Å². The van der Waals surface area contributed by atoms with Gasteiger partial charge in [0.1, 0.15) is 0 Å². The molecule has 1 N–H and O–H groups in total. The van der Waals surface area contributed by atoms with Crippen LogP contribution in [0.15, 0.2) is 24.3 Å². The largest absolute Gasteiger partial charge is 0.309 e. The first-order chi connectivity index (χ1) is 10.2. The van der Waals surface area contributed by atoms with Gasteiger partial charge in [-0.1, -0.05) is 54.6 Å². The fourth-order valence-corrected chi connectivity index (χ4v) is 3.20. The number of nitrogens with zero attached hydrogens (tertiary/aromatic N) is 2. The van der Waals surface area contributed by atoms with Crippen molar-refractivity contribution in [3.05, 3.63) is 46.0 Å². The van der Waals surface area contributed by atoms with E-state index < -0.39 is 0 Å². The van der Waals surface area contributed by atoms with E-state index in [4.69, 9.17) is 0 Å². The third-order valence-corrected chi connectivity index (χ3v) is 4.47. The van der Waals surface area contributed by atoms with Crippen molar-refractivity contribution in [2.45, 2.75) is 52.5 Å². The molecule has 1 heterocycles. The van der Waals surface area contributed by atoms with Crippen LogP contribution in [0.3, 0.4) is 0 Å². The van der Waals surface area contributed by atoms with Crippen LogP contribution in [0.25, 0.3) is 0 Å². The SMILES string of the molecule is CCCNC(Cc1ccc(C)cc1)c1snnc1CCC. The van der Waals surface area contributed by atoms with Crippen LogP contribution < -0.4 is 5.32 Å². The molecule has 1 atom stereocenters. The molecule has 1 unspecified atom stereocenters. The summed E-state index contributed by atoms with van der Waals surface area (Å²) >= 11 is 1.55. The summed E-state index contributed by atoms with van der Waals surface area (Å²) in [6.07, 6.45) is 4.27. The molecule has 0 bridgehead atoms. The summed E-state index contributed by atoms with van der Waals surface area (Å²) in [6, 6.07) is 9.15. The van der Waals surface area contributed by atoms with Crippen molar-refractivity contribution in [2.24, 2.45) is 0 Å². The molecular weight excluding hydrogens is 278 g/mol. The van der Waals surface area contributed by atoms with Crippen LogP contribution in [0, 0.1) is 6.92 Å². The average Bonchev–Trinajstić information content (AvgIpc) is 2.94. The van der Waals surface area contributed by atoms with Gasteiger partial charge in [0.05, 0.1) is 10.6 Å². The highest BCUT2D eigenvalue weighted by molar-refractivity contribution is 7.05. The van der Waals surface area contributed by atoms with Crippen molar-refractivity contribution in [3.63, 3.8) is 0 Å². The molecule has 1 aromatic carbocycles. The number of nitrogens with one attached hydrogen (secondary N) is 1. The zero-order valence-electron chi connectivity index (χ0n) is 13.2. The van der Waals surface area contributed by atoms with E-state index in [0.29, 0.717) is 6.04 Å². The summed E-state index contributed by atoms with van der Waals surface area (Å²) in [5.74, 6) is 0. The predicted molar refractivity (Wildman–Crippen MR) is 89.8 cm³/mol. The van der Waals surface area contributed by atoms with Gasteiger partial charge in [-0.05, 0) is 49.8 Å². The van der Waals surface area contributed by atoms with Gasteiger partial charge in [0.25, 0.3) is 0 Å². The summed E-state index contributed by atoms with van der Waals surface area (Å²) < 4.78 is 4.18. The first-order valence-corrected chi connectivity index (χ1v) is 8.62. The predicted octanol–water partition coefficient (Wildman–Crippen LogP) is 4.08. The number of hydrogen-bond donors (Lipinski definition) is 1. The van der Waals surface area contributed by atoms with Crippen molar-refractivity contribution in [2.75, 3.05) is 6.54 Å². The Morgan fingerprint density at radius 3 is 2.57 bits per heavy atom. The van der Waals surface area contributed by atoms with Crippen LogP contribution >= 0.6 is 11.5 Å². The van der Waals surface area contributed by atoms with Crippen LogP contribution in [0.1, 0.15) is 54.4 Å². The lowest BCUT2D eigenvalue weighted by Gasteiger charge is -2.18. The second-order valence-corrected chi connectivity index (χ2v) is 6.32. The van der Waals surface area contributed by atoms with Crippen LogP contribution in [-0.2, 0) is 12.8 Å². The Kier molecular flexibility index (Phi) is 6.33. The number of benzene rings is 1. The topological polar surface area (TPSA) is 37.8 Å². The first kappa shape index (κ1) is 16.1. The lowest BCUT2D eigenvalue weighted by atomic mass is 10.0. The van der Waals surface area contributed by atoms with E-state index in [-0.39, 0.29) is 0 Å². The molecule has 4 heteroatoms. The van der Waals surface area contributed by atoms with E-state index in [1.165, 1.54) is 21.7 Å². The van der Waals surface area contributed by atoms with E-state index >= 15 is 0 Å². The summed E-state index contributed by atoms with van der Waals surface area (Å²) in [5.41, 5.74) is 3.84. The highest BCUT2D eigenvalue weighted by atomic mass is 32.1. The van der Waals surface area contributed by atoms with E-state index in [1.807, 2.05) is 0 Å². The minimum atomic E-state index is 0.328. The molecule has 0 fully saturated rings. The van der Waals surface area contributed by atoms with Gasteiger partial charge in [0.15, 0.2) is 0 Å². The third kappa shape index (κ3) is 4.61. The van der Waals surface area contributed by atoms with Gasteiger partial charge in [-0.3, -0.25) is 0 Å². The monoisotopic (exact) mass is 303 g/mol. The molecule has 0 saturated heterocycles. The molecule has 0 aliphatic rings. The van der Waals surface area contributed by atoms with Gasteiger partial charge >= 0.3 is 0 Å². The Morgan fingerprint density at radius 1 is 1.14 bits per heavy atom. The molecule has 0 saturated carbocycles. The van der Waals surface area contributed by atoms with E-state index in [0.717, 1.165) is 32.2 Å². The summed E-state index contributed by atoms with van der Waals surface area (Å²) in [6.45, 7) is 7.55. The smallest absolute Gasteiger partial charge is 0.0803 e. The van der Waals surface area contributed by atoms with Crippen molar-refractivity contribution in [1.29, 1.82) is 0 Å². The zero-order valence-corrected chi connectivity index (χ0v) is 14.0. The molecule has 3 nitrogen and oxygen atoms in total. The molecule has 2 aromatic rings. The average molecular weight is 303 g/mol. The normalized spacial score (nSPS) is 12.5. The first-order valence-electron chi connectivity index (χ1n) is 7.84. The third-order valence-electron chi connectivity index (χ3n) is 3.59. The lowest BCUT2D eigenvalue weighted by Crippen LogP contribution is -2.24. The fourth-order valence-electron chi connectivity index (χ4n) is 2.43. The fraction of sp³-hybridized carbons (Fsp3) is 0.529. The van der Waals surface area contributed by atoms with Crippen LogP contribution in [0.2, 0.25) is 0 Å². The maximum Gasteiger partial charge on any atom is 0.0803 e. The van der Waals surface area contributed by atoms with E-state index in [1.54, 1.807) is 11.5 Å². The van der Waals surface area contributed by atoms with Crippen molar-refractivity contribution in [1.82, 2.24) is 14.9 Å². The van der Waals surface area contributed by atoms with E-state index in [9.17, 15) is 0 Å². The van der Waals surface area contributed by atoms with Gasteiger partial charge in [0, 0.05) is 6.04 Å². The highest BCUT2D eigenvalue weighted by Gasteiger charge is 2.18. The minimum Gasteiger partial charge on any atom is -0.309 e. The van der Waals surface area contributed by atoms with Crippen molar-refractivity contribution < 1.29 is 0 Å². The molecule has 114 valence electrons. The van der Waals surface area contributed by atoms with Gasteiger partial charge < -0.3 is 5.32 Å². The molecule has 2 rings (SSSR count). The Bertz CT molecular complexity index is 533. The number of hydrogen-bond acceptors (Lipinski definition) is 4.